The first-order valence-electron chi connectivity index (χ1n) is 12.8. The van der Waals surface area contributed by atoms with Crippen molar-refractivity contribution in [2.24, 2.45) is 14.1 Å². The Morgan fingerprint density at radius 3 is 2.03 bits per heavy atom. The molecule has 4 aromatic rings. The highest BCUT2D eigenvalue weighted by molar-refractivity contribution is 6.36. The van der Waals surface area contributed by atoms with Crippen molar-refractivity contribution in [2.75, 3.05) is 36.0 Å². The summed E-state index contributed by atoms with van der Waals surface area (Å²) < 4.78 is 3.11. The number of carbonyl (C=O) groups excluding carboxylic acids is 2. The third-order valence-electron chi connectivity index (χ3n) is 8.10. The summed E-state index contributed by atoms with van der Waals surface area (Å²) >= 11 is 0. The fourth-order valence-electron chi connectivity index (χ4n) is 5.93. The number of aryl methyl sites for hydroxylation is 3. The molecule has 1 fully saturated rings. The third kappa shape index (κ3) is 3.35. The summed E-state index contributed by atoms with van der Waals surface area (Å²) in [4.78, 5) is 46.3. The first kappa shape index (κ1) is 23.5. The van der Waals surface area contributed by atoms with Crippen LogP contribution >= 0.6 is 0 Å². The monoisotopic (exact) mass is 497 g/mol. The zero-order valence-electron chi connectivity index (χ0n) is 21.9. The van der Waals surface area contributed by atoms with Gasteiger partial charge in [0, 0.05) is 73.9 Å². The zero-order valence-corrected chi connectivity index (χ0v) is 21.9. The van der Waals surface area contributed by atoms with Gasteiger partial charge in [-0.1, -0.05) is 12.1 Å². The maximum absolute atomic E-state index is 13.9. The second-order valence-corrected chi connectivity index (χ2v) is 10.5. The second-order valence-electron chi connectivity index (χ2n) is 10.5. The molecule has 0 N–H and O–H groups in total. The summed E-state index contributed by atoms with van der Waals surface area (Å²) in [5, 5.41) is 1.66. The molecule has 37 heavy (non-hydrogen) atoms. The summed E-state index contributed by atoms with van der Waals surface area (Å²) in [5.41, 5.74) is 4.65. The van der Waals surface area contributed by atoms with E-state index in [1.165, 1.54) is 9.47 Å². The van der Waals surface area contributed by atoms with Crippen molar-refractivity contribution in [3.63, 3.8) is 0 Å². The second kappa shape index (κ2) is 8.31. The lowest BCUT2D eigenvalue weighted by molar-refractivity contribution is 0.0893. The molecule has 0 aliphatic carbocycles. The van der Waals surface area contributed by atoms with Gasteiger partial charge in [0.25, 0.3) is 11.8 Å². The van der Waals surface area contributed by atoms with Gasteiger partial charge in [-0.15, -0.1) is 0 Å². The Bertz CT molecular complexity index is 1650. The zero-order chi connectivity index (χ0) is 26.2. The molecule has 0 radical (unpaired) electrons. The quantitative estimate of drug-likeness (QED) is 0.404. The summed E-state index contributed by atoms with van der Waals surface area (Å²) in [6, 6.07) is 13.8. The first-order valence-corrected chi connectivity index (χ1v) is 12.8. The van der Waals surface area contributed by atoms with Gasteiger partial charge in [-0.3, -0.25) is 23.6 Å². The molecular formula is C29H31N5O3. The van der Waals surface area contributed by atoms with E-state index in [4.69, 9.17) is 0 Å². The minimum Gasteiger partial charge on any atom is -0.368 e. The molecule has 0 bridgehead atoms. The SMILES string of the molecule is Cc1cc2c(cc1N1C(=O)c3cccc4c(N5CCN(C(C)C)CC5)ccc(c34)C1=O)n(C)c(=O)n2C. The van der Waals surface area contributed by atoms with Gasteiger partial charge in [-0.25, -0.2) is 9.69 Å². The van der Waals surface area contributed by atoms with Crippen LogP contribution < -0.4 is 15.5 Å². The van der Waals surface area contributed by atoms with E-state index >= 15 is 0 Å². The molecule has 6 rings (SSSR count). The van der Waals surface area contributed by atoms with Crippen molar-refractivity contribution < 1.29 is 9.59 Å². The maximum Gasteiger partial charge on any atom is 0.328 e. The number of nitrogens with zero attached hydrogens (tertiary/aromatic N) is 5. The van der Waals surface area contributed by atoms with E-state index in [1.807, 2.05) is 37.3 Å². The average molecular weight is 498 g/mol. The molecular weight excluding hydrogens is 466 g/mol. The van der Waals surface area contributed by atoms with Crippen molar-refractivity contribution in [1.29, 1.82) is 0 Å². The molecule has 1 saturated heterocycles. The Labute approximate surface area is 215 Å². The minimum absolute atomic E-state index is 0.153. The summed E-state index contributed by atoms with van der Waals surface area (Å²) in [5.74, 6) is -0.679. The van der Waals surface area contributed by atoms with Crippen LogP contribution in [0.1, 0.15) is 40.1 Å². The molecule has 3 heterocycles. The van der Waals surface area contributed by atoms with Crippen LogP contribution in [0, 0.1) is 6.92 Å². The van der Waals surface area contributed by atoms with Crippen LogP contribution in [0.3, 0.4) is 0 Å². The number of carbonyl (C=O) groups is 2. The highest BCUT2D eigenvalue weighted by Crippen LogP contribution is 2.39. The maximum atomic E-state index is 13.9. The van der Waals surface area contributed by atoms with Crippen molar-refractivity contribution >= 4 is 45.0 Å². The summed E-state index contributed by atoms with van der Waals surface area (Å²) in [6.07, 6.45) is 0. The van der Waals surface area contributed by atoms with Crippen LogP contribution in [0.25, 0.3) is 21.8 Å². The highest BCUT2D eigenvalue weighted by Gasteiger charge is 2.36. The van der Waals surface area contributed by atoms with Crippen molar-refractivity contribution in [2.45, 2.75) is 26.8 Å². The van der Waals surface area contributed by atoms with Crippen LogP contribution in [0.2, 0.25) is 0 Å². The van der Waals surface area contributed by atoms with E-state index in [-0.39, 0.29) is 17.5 Å². The summed E-state index contributed by atoms with van der Waals surface area (Å²) in [7, 11) is 3.42. The normalized spacial score (nSPS) is 16.6. The molecule has 0 saturated carbocycles. The van der Waals surface area contributed by atoms with Crippen molar-refractivity contribution in [1.82, 2.24) is 14.0 Å². The molecule has 0 atom stereocenters. The van der Waals surface area contributed by atoms with Crippen LogP contribution in [-0.4, -0.2) is 58.1 Å². The van der Waals surface area contributed by atoms with E-state index < -0.39 is 0 Å². The number of hydrogen-bond donors (Lipinski definition) is 0. The van der Waals surface area contributed by atoms with Crippen LogP contribution in [0.5, 0.6) is 0 Å². The number of imidazole rings is 1. The van der Waals surface area contributed by atoms with Gasteiger partial charge < -0.3 is 4.90 Å². The lowest BCUT2D eigenvalue weighted by atomic mass is 9.92. The number of benzene rings is 3. The van der Waals surface area contributed by atoms with Crippen LogP contribution in [-0.2, 0) is 14.1 Å². The number of imide groups is 1. The Morgan fingerprint density at radius 2 is 1.38 bits per heavy atom. The van der Waals surface area contributed by atoms with Gasteiger partial charge in [-0.2, -0.15) is 0 Å². The number of aromatic nitrogens is 2. The van der Waals surface area contributed by atoms with E-state index in [1.54, 1.807) is 30.8 Å². The molecule has 2 aliphatic rings. The molecule has 190 valence electrons. The number of rotatable bonds is 3. The molecule has 2 aliphatic heterocycles. The molecule has 2 amide bonds. The minimum atomic E-state index is -0.340. The van der Waals surface area contributed by atoms with Crippen LogP contribution in [0.15, 0.2) is 47.3 Å². The summed E-state index contributed by atoms with van der Waals surface area (Å²) in [6.45, 7) is 10.1. The van der Waals surface area contributed by atoms with E-state index in [0.29, 0.717) is 28.4 Å². The molecule has 8 heteroatoms. The fourth-order valence-corrected chi connectivity index (χ4v) is 5.93. The van der Waals surface area contributed by atoms with Gasteiger partial charge in [0.05, 0.1) is 16.7 Å². The largest absolute Gasteiger partial charge is 0.368 e. The molecule has 0 spiro atoms. The first-order chi connectivity index (χ1) is 17.7. The predicted molar refractivity (Wildman–Crippen MR) is 147 cm³/mol. The van der Waals surface area contributed by atoms with E-state index in [9.17, 15) is 14.4 Å². The molecule has 1 aromatic heterocycles. The van der Waals surface area contributed by atoms with Crippen LogP contribution in [0.4, 0.5) is 11.4 Å². The standard InChI is InChI=1S/C29H31N5O3/c1-17(2)32-11-13-33(14-12-32)22-10-9-21-26-19(22)7-6-8-20(26)27(35)34(28(21)36)23-16-25-24(15-18(23)3)30(4)29(37)31(25)5/h6-10,15-17H,11-14H2,1-5H3. The number of fused-ring (bicyclic) bond motifs is 1. The molecule has 8 nitrogen and oxygen atoms in total. The number of piperazine rings is 1. The smallest absolute Gasteiger partial charge is 0.328 e. The van der Waals surface area contributed by atoms with Gasteiger partial charge >= 0.3 is 5.69 Å². The topological polar surface area (TPSA) is 70.8 Å². The van der Waals surface area contributed by atoms with Gasteiger partial charge in [0.2, 0.25) is 0 Å². The highest BCUT2D eigenvalue weighted by atomic mass is 16.2. The Hall–Kier alpha value is -3.91. The Balaban J connectivity index is 1.46. The molecule has 0 unspecified atom stereocenters. The van der Waals surface area contributed by atoms with E-state index in [0.717, 1.165) is 53.7 Å². The van der Waals surface area contributed by atoms with Crippen molar-refractivity contribution in [3.8, 4) is 0 Å². The Morgan fingerprint density at radius 1 is 0.757 bits per heavy atom. The lowest BCUT2D eigenvalue weighted by Crippen LogP contribution is -2.49. The third-order valence-corrected chi connectivity index (χ3v) is 8.10. The molecule has 3 aromatic carbocycles. The number of anilines is 2. The van der Waals surface area contributed by atoms with E-state index in [2.05, 4.69) is 23.6 Å². The fraction of sp³-hybridized carbons (Fsp3) is 0.345. The van der Waals surface area contributed by atoms with Gasteiger partial charge in [-0.05, 0) is 56.7 Å². The van der Waals surface area contributed by atoms with Gasteiger partial charge in [0.1, 0.15) is 0 Å². The van der Waals surface area contributed by atoms with Gasteiger partial charge in [0.15, 0.2) is 0 Å². The number of amides is 2. The van der Waals surface area contributed by atoms with Crippen molar-refractivity contribution in [3.05, 3.63) is 69.6 Å². The Kier molecular flexibility index (Phi) is 5.28. The number of hydrogen-bond acceptors (Lipinski definition) is 5. The average Bonchev–Trinajstić information content (AvgIpc) is 3.10. The predicted octanol–water partition coefficient (Wildman–Crippen LogP) is 3.67. The lowest BCUT2D eigenvalue weighted by Gasteiger charge is -2.39.